The molecule has 4 unspecified atom stereocenters. The molecule has 3 aromatic carbocycles. The van der Waals surface area contributed by atoms with Crippen molar-refractivity contribution in [2.24, 2.45) is 5.92 Å². The highest BCUT2D eigenvalue weighted by molar-refractivity contribution is 6.99. The second-order valence-electron chi connectivity index (χ2n) is 14.5. The minimum Gasteiger partial charge on any atom is -0.401 e. The molecule has 3 saturated heterocycles. The predicted octanol–water partition coefficient (Wildman–Crippen LogP) is 6.61. The summed E-state index contributed by atoms with van der Waals surface area (Å²) in [5.41, 5.74) is 3.06. The maximum Gasteiger partial charge on any atom is 0.261 e. The Hall–Kier alpha value is -2.24. The summed E-state index contributed by atoms with van der Waals surface area (Å²) < 4.78 is 7.90. The van der Waals surface area contributed by atoms with Gasteiger partial charge in [-0.1, -0.05) is 125 Å². The number of rotatable bonds is 7. The summed E-state index contributed by atoms with van der Waals surface area (Å²) in [7, 11) is -2.63. The van der Waals surface area contributed by atoms with E-state index in [-0.39, 0.29) is 11.1 Å². The van der Waals surface area contributed by atoms with Crippen molar-refractivity contribution in [1.82, 2.24) is 10.2 Å². The summed E-state index contributed by atoms with van der Waals surface area (Å²) in [6.45, 7) is 9.49. The molecule has 216 valence electrons. The number of fused-ring (bicyclic) bond motifs is 2. The highest BCUT2D eigenvalue weighted by atomic mass is 28.4. The quantitative estimate of drug-likeness (QED) is 0.327. The van der Waals surface area contributed by atoms with Crippen LogP contribution in [0, 0.1) is 5.92 Å². The Morgan fingerprint density at radius 2 is 1.46 bits per heavy atom. The Kier molecular flexibility index (Phi) is 7.47. The van der Waals surface area contributed by atoms with Crippen molar-refractivity contribution in [1.29, 1.82) is 0 Å². The van der Waals surface area contributed by atoms with Crippen molar-refractivity contribution < 1.29 is 4.43 Å². The van der Waals surface area contributed by atoms with Crippen LogP contribution in [0.3, 0.4) is 0 Å². The predicted molar refractivity (Wildman–Crippen MR) is 172 cm³/mol. The summed E-state index contributed by atoms with van der Waals surface area (Å²) >= 11 is 0. The smallest absolute Gasteiger partial charge is 0.261 e. The Bertz CT molecular complexity index is 1280. The van der Waals surface area contributed by atoms with E-state index in [0.717, 1.165) is 18.4 Å². The molecule has 4 aliphatic rings. The van der Waals surface area contributed by atoms with Gasteiger partial charge in [0.15, 0.2) is 0 Å². The normalized spacial score (nSPS) is 28.7. The fraction of sp³-hybridized carbons (Fsp3) is 0.514. The lowest BCUT2D eigenvalue weighted by molar-refractivity contribution is 0.0455. The highest BCUT2D eigenvalue weighted by Gasteiger charge is 2.59. The van der Waals surface area contributed by atoms with E-state index in [0.29, 0.717) is 18.1 Å². The fourth-order valence-corrected chi connectivity index (χ4v) is 13.8. The van der Waals surface area contributed by atoms with E-state index in [4.69, 9.17) is 4.43 Å². The van der Waals surface area contributed by atoms with Crippen molar-refractivity contribution in [3.05, 3.63) is 96.1 Å². The molecule has 1 aliphatic carbocycles. The van der Waals surface area contributed by atoms with Crippen molar-refractivity contribution in [3.8, 4) is 0 Å². The molecule has 3 heterocycles. The van der Waals surface area contributed by atoms with Gasteiger partial charge in [-0.3, -0.25) is 4.90 Å². The highest BCUT2D eigenvalue weighted by Crippen LogP contribution is 2.46. The Balaban J connectivity index is 1.24. The Labute approximate surface area is 248 Å². The van der Waals surface area contributed by atoms with Gasteiger partial charge in [-0.05, 0) is 64.1 Å². The van der Waals surface area contributed by atoms with Gasteiger partial charge in [-0.2, -0.15) is 0 Å². The average molecular weight is 565 g/mol. The third-order valence-corrected chi connectivity index (χ3v) is 15.8. The van der Waals surface area contributed by atoms with Gasteiger partial charge in [0.05, 0.1) is 12.1 Å². The lowest BCUT2D eigenvalue weighted by atomic mass is 9.83. The molecule has 4 fully saturated rings. The van der Waals surface area contributed by atoms with Gasteiger partial charge in [0, 0.05) is 25.2 Å². The molecule has 0 radical (unpaired) electrons. The first-order chi connectivity index (χ1) is 19.9. The summed E-state index contributed by atoms with van der Waals surface area (Å²) in [6.07, 6.45) is 9.63. The number of benzene rings is 3. The van der Waals surface area contributed by atoms with Crippen molar-refractivity contribution in [2.75, 3.05) is 6.54 Å². The van der Waals surface area contributed by atoms with E-state index < -0.39 is 8.32 Å². The molecule has 1 N–H and O–H groups in total. The number of nitrogens with zero attached hydrogens (tertiary/aromatic N) is 1. The van der Waals surface area contributed by atoms with Gasteiger partial charge in [0.25, 0.3) is 8.32 Å². The van der Waals surface area contributed by atoms with Gasteiger partial charge in [0.1, 0.15) is 0 Å². The van der Waals surface area contributed by atoms with Crippen LogP contribution >= 0.6 is 0 Å². The van der Waals surface area contributed by atoms with E-state index in [1.165, 1.54) is 67.4 Å². The van der Waals surface area contributed by atoms with Crippen molar-refractivity contribution in [3.63, 3.8) is 0 Å². The monoisotopic (exact) mass is 564 g/mol. The zero-order valence-corrected chi connectivity index (χ0v) is 26.3. The van der Waals surface area contributed by atoms with E-state index in [1.54, 1.807) is 5.56 Å². The van der Waals surface area contributed by atoms with Crippen LogP contribution in [0.15, 0.2) is 84.9 Å². The van der Waals surface area contributed by atoms with Crippen LogP contribution in [-0.4, -0.2) is 44.0 Å². The van der Waals surface area contributed by atoms with Gasteiger partial charge < -0.3 is 9.74 Å². The molecular weight excluding hydrogens is 517 g/mol. The van der Waals surface area contributed by atoms with Gasteiger partial charge >= 0.3 is 0 Å². The van der Waals surface area contributed by atoms with E-state index in [9.17, 15) is 0 Å². The first-order valence-electron chi connectivity index (χ1n) is 16.3. The molecule has 41 heavy (non-hydrogen) atoms. The summed E-state index contributed by atoms with van der Waals surface area (Å²) in [5.74, 6) is 1.52. The van der Waals surface area contributed by atoms with Crippen LogP contribution in [0.25, 0.3) is 0 Å². The van der Waals surface area contributed by atoms with Crippen LogP contribution in [-0.2, 0) is 11.0 Å². The third-order valence-electron chi connectivity index (χ3n) is 10.8. The SMILES string of the molecule is CC(C)(C)[Si](O[C@H]1C2CC3CC(N2)C1N(Cc1cccc(C2CCCCC2)c1)C3)(c1ccccc1)c1ccccc1. The molecule has 1 saturated carbocycles. The molecule has 0 spiro atoms. The zero-order chi connectivity index (χ0) is 28.0. The summed E-state index contributed by atoms with van der Waals surface area (Å²) in [5, 5.41) is 6.85. The molecule has 7 rings (SSSR count). The molecular formula is C37H48N2OSi. The zero-order valence-electron chi connectivity index (χ0n) is 25.3. The summed E-state index contributed by atoms with van der Waals surface area (Å²) in [6, 6.07) is 33.5. The second-order valence-corrected chi connectivity index (χ2v) is 18.7. The van der Waals surface area contributed by atoms with Crippen LogP contribution < -0.4 is 15.7 Å². The Morgan fingerprint density at radius 1 is 0.805 bits per heavy atom. The second kappa shape index (κ2) is 11.1. The number of piperidine rings is 2. The number of hydrogen-bond acceptors (Lipinski definition) is 3. The third kappa shape index (κ3) is 5.05. The van der Waals surface area contributed by atoms with Crippen LogP contribution in [0.2, 0.25) is 5.04 Å². The van der Waals surface area contributed by atoms with E-state index in [1.807, 2.05) is 0 Å². The van der Waals surface area contributed by atoms with Crippen molar-refractivity contribution in [2.45, 2.75) is 107 Å². The van der Waals surface area contributed by atoms with Crippen LogP contribution in [0.5, 0.6) is 0 Å². The van der Waals surface area contributed by atoms with Gasteiger partial charge in [-0.25, -0.2) is 0 Å². The first kappa shape index (κ1) is 27.6. The van der Waals surface area contributed by atoms with Crippen LogP contribution in [0.4, 0.5) is 0 Å². The molecule has 0 amide bonds. The topological polar surface area (TPSA) is 24.5 Å². The standard InChI is InChI=1S/C37H48N2OSi/c1-37(2,3)41(31-18-9-5-10-19-31,32-20-11-6-12-21-32)40-36-34-24-28-23-33(38-34)35(36)39(26-28)25-27-14-13-17-30(22-27)29-15-7-4-8-16-29/h5-6,9-14,17-22,28-29,33-36,38H,4,7-8,15-16,23-26H2,1-3H3/t28?,33?,34?,35?,36-/m0/s1. The van der Waals surface area contributed by atoms with E-state index in [2.05, 4.69) is 116 Å². The first-order valence-corrected chi connectivity index (χ1v) is 18.2. The number of hydrogen-bond donors (Lipinski definition) is 1. The Morgan fingerprint density at radius 3 is 2.12 bits per heavy atom. The minimum absolute atomic E-state index is 0.0104. The lowest BCUT2D eigenvalue weighted by Crippen LogP contribution is -2.69. The summed E-state index contributed by atoms with van der Waals surface area (Å²) in [4.78, 5) is 2.82. The van der Waals surface area contributed by atoms with Gasteiger partial charge in [-0.15, -0.1) is 0 Å². The molecule has 0 aromatic heterocycles. The largest absolute Gasteiger partial charge is 0.401 e. The molecule has 4 heteroatoms. The molecule has 3 aliphatic heterocycles. The number of nitrogens with one attached hydrogen (secondary N) is 1. The maximum absolute atomic E-state index is 7.90. The van der Waals surface area contributed by atoms with Gasteiger partial charge in [0.2, 0.25) is 0 Å². The molecule has 3 bridgehead atoms. The van der Waals surface area contributed by atoms with Crippen molar-refractivity contribution >= 4 is 18.7 Å². The van der Waals surface area contributed by atoms with E-state index >= 15 is 0 Å². The maximum atomic E-state index is 7.90. The molecule has 5 atom stereocenters. The number of likely N-dealkylation sites (tertiary alicyclic amines) is 1. The van der Waals surface area contributed by atoms with Crippen LogP contribution in [0.1, 0.15) is 82.8 Å². The molecule has 3 aromatic rings. The fourth-order valence-electron chi connectivity index (χ4n) is 9.06. The average Bonchev–Trinajstić information content (AvgIpc) is 3.18. The lowest BCUT2D eigenvalue weighted by Gasteiger charge is -2.47. The minimum atomic E-state index is -2.63. The molecule has 3 nitrogen and oxygen atoms in total.